The Morgan fingerprint density at radius 3 is 2.42 bits per heavy atom. The number of benzene rings is 2. The lowest BCUT2D eigenvalue weighted by Crippen LogP contribution is -2.29. The summed E-state index contributed by atoms with van der Waals surface area (Å²) in [5.74, 6) is 0.887. The van der Waals surface area contributed by atoms with Gasteiger partial charge in [-0.05, 0) is 37.1 Å². The van der Waals surface area contributed by atoms with Crippen molar-refractivity contribution in [2.45, 2.75) is 32.6 Å². The molecule has 2 aromatic rings. The van der Waals surface area contributed by atoms with Gasteiger partial charge in [0.25, 0.3) is 0 Å². The van der Waals surface area contributed by atoms with Crippen molar-refractivity contribution < 1.29 is 9.47 Å². The van der Waals surface area contributed by atoms with Gasteiger partial charge >= 0.3 is 0 Å². The maximum absolute atomic E-state index is 5.82. The molecule has 2 rings (SSSR count). The second-order valence-corrected chi connectivity index (χ2v) is 5.91. The zero-order valence-corrected chi connectivity index (χ0v) is 14.6. The molecule has 0 aliphatic rings. The van der Waals surface area contributed by atoms with Crippen LogP contribution in [0.1, 0.15) is 31.0 Å². The summed E-state index contributed by atoms with van der Waals surface area (Å²) in [4.78, 5) is 0. The van der Waals surface area contributed by atoms with Crippen LogP contribution in [-0.2, 0) is 11.3 Å². The van der Waals surface area contributed by atoms with Crippen LogP contribution in [0.5, 0.6) is 5.75 Å². The number of rotatable bonds is 10. The monoisotopic (exact) mass is 325 g/mol. The van der Waals surface area contributed by atoms with Gasteiger partial charge in [0.05, 0.1) is 12.7 Å². The normalized spacial score (nSPS) is 13.2. The average molecular weight is 325 g/mol. The Kier molecular flexibility index (Phi) is 7.53. The SMILES string of the molecule is C=CCOC(C)CNC(C)c1ccc(OCc2ccccc2)cc1. The first-order chi connectivity index (χ1) is 11.7. The van der Waals surface area contributed by atoms with Crippen molar-refractivity contribution in [2.75, 3.05) is 13.2 Å². The first-order valence-electron chi connectivity index (χ1n) is 8.41. The molecular formula is C21H27NO2. The van der Waals surface area contributed by atoms with Gasteiger partial charge < -0.3 is 14.8 Å². The van der Waals surface area contributed by atoms with E-state index < -0.39 is 0 Å². The molecule has 0 spiro atoms. The molecule has 128 valence electrons. The van der Waals surface area contributed by atoms with Crippen LogP contribution in [0.4, 0.5) is 0 Å². The molecule has 24 heavy (non-hydrogen) atoms. The third-order valence-electron chi connectivity index (χ3n) is 3.84. The summed E-state index contributed by atoms with van der Waals surface area (Å²) < 4.78 is 11.4. The average Bonchev–Trinajstić information content (AvgIpc) is 2.64. The fraction of sp³-hybridized carbons (Fsp3) is 0.333. The smallest absolute Gasteiger partial charge is 0.119 e. The first-order valence-corrected chi connectivity index (χ1v) is 8.41. The highest BCUT2D eigenvalue weighted by Crippen LogP contribution is 2.18. The molecule has 0 bridgehead atoms. The lowest BCUT2D eigenvalue weighted by molar-refractivity contribution is 0.0860. The third-order valence-corrected chi connectivity index (χ3v) is 3.84. The molecule has 2 aromatic carbocycles. The highest BCUT2D eigenvalue weighted by atomic mass is 16.5. The summed E-state index contributed by atoms with van der Waals surface area (Å²) >= 11 is 0. The Morgan fingerprint density at radius 1 is 1.04 bits per heavy atom. The quantitative estimate of drug-likeness (QED) is 0.652. The minimum absolute atomic E-state index is 0.166. The van der Waals surface area contributed by atoms with E-state index in [1.54, 1.807) is 6.08 Å². The number of nitrogens with one attached hydrogen (secondary N) is 1. The van der Waals surface area contributed by atoms with Crippen molar-refractivity contribution in [3.8, 4) is 5.75 Å². The number of hydrogen-bond donors (Lipinski definition) is 1. The van der Waals surface area contributed by atoms with Crippen LogP contribution in [0.25, 0.3) is 0 Å². The summed E-state index contributed by atoms with van der Waals surface area (Å²) in [5, 5.41) is 3.48. The van der Waals surface area contributed by atoms with E-state index in [9.17, 15) is 0 Å². The van der Waals surface area contributed by atoms with Crippen LogP contribution in [0, 0.1) is 0 Å². The van der Waals surface area contributed by atoms with Crippen LogP contribution < -0.4 is 10.1 Å². The molecule has 0 radical (unpaired) electrons. The summed E-state index contributed by atoms with van der Waals surface area (Å²) in [6.45, 7) is 9.86. The van der Waals surface area contributed by atoms with E-state index in [1.807, 2.05) is 30.3 Å². The van der Waals surface area contributed by atoms with Crippen LogP contribution in [0.2, 0.25) is 0 Å². The Bertz CT molecular complexity index is 595. The molecule has 0 saturated carbocycles. The fourth-order valence-corrected chi connectivity index (χ4v) is 2.35. The summed E-state index contributed by atoms with van der Waals surface area (Å²) in [6.07, 6.45) is 1.94. The molecule has 0 aliphatic carbocycles. The summed E-state index contributed by atoms with van der Waals surface area (Å²) in [6, 6.07) is 18.7. The molecule has 0 aromatic heterocycles. The van der Waals surface area contributed by atoms with Gasteiger partial charge in [-0.15, -0.1) is 6.58 Å². The predicted molar refractivity (Wildman–Crippen MR) is 99.2 cm³/mol. The first kappa shape index (κ1) is 18.2. The van der Waals surface area contributed by atoms with E-state index in [-0.39, 0.29) is 12.1 Å². The van der Waals surface area contributed by atoms with Crippen LogP contribution in [0.3, 0.4) is 0 Å². The topological polar surface area (TPSA) is 30.5 Å². The minimum atomic E-state index is 0.166. The van der Waals surface area contributed by atoms with Gasteiger partial charge in [0.2, 0.25) is 0 Å². The number of ether oxygens (including phenoxy) is 2. The van der Waals surface area contributed by atoms with Gasteiger partial charge in [0.1, 0.15) is 12.4 Å². The summed E-state index contributed by atoms with van der Waals surface area (Å²) in [7, 11) is 0. The maximum Gasteiger partial charge on any atom is 0.119 e. The molecule has 2 unspecified atom stereocenters. The largest absolute Gasteiger partial charge is 0.489 e. The minimum Gasteiger partial charge on any atom is -0.489 e. The van der Waals surface area contributed by atoms with E-state index in [1.165, 1.54) is 11.1 Å². The third kappa shape index (κ3) is 6.19. The van der Waals surface area contributed by atoms with Gasteiger partial charge in [-0.2, -0.15) is 0 Å². The molecule has 0 amide bonds. The standard InChI is InChI=1S/C21H27NO2/c1-4-14-23-17(2)15-22-18(3)20-10-12-21(13-11-20)24-16-19-8-6-5-7-9-19/h4-13,17-18,22H,1,14-16H2,2-3H3. The van der Waals surface area contributed by atoms with Gasteiger partial charge in [-0.1, -0.05) is 48.5 Å². The zero-order valence-electron chi connectivity index (χ0n) is 14.6. The van der Waals surface area contributed by atoms with Gasteiger partial charge in [-0.25, -0.2) is 0 Å². The lowest BCUT2D eigenvalue weighted by Gasteiger charge is -2.18. The zero-order chi connectivity index (χ0) is 17.2. The Hall–Kier alpha value is -2.10. The van der Waals surface area contributed by atoms with E-state index in [0.717, 1.165) is 12.3 Å². The fourth-order valence-electron chi connectivity index (χ4n) is 2.35. The molecule has 1 N–H and O–H groups in total. The van der Waals surface area contributed by atoms with Crippen LogP contribution in [0.15, 0.2) is 67.3 Å². The van der Waals surface area contributed by atoms with Crippen molar-refractivity contribution in [3.05, 3.63) is 78.4 Å². The van der Waals surface area contributed by atoms with Gasteiger partial charge in [0, 0.05) is 12.6 Å². The Morgan fingerprint density at radius 2 is 1.75 bits per heavy atom. The number of hydrogen-bond acceptors (Lipinski definition) is 3. The van der Waals surface area contributed by atoms with E-state index in [4.69, 9.17) is 9.47 Å². The summed E-state index contributed by atoms with van der Waals surface area (Å²) in [5.41, 5.74) is 2.41. The molecule has 3 nitrogen and oxygen atoms in total. The highest BCUT2D eigenvalue weighted by molar-refractivity contribution is 5.29. The van der Waals surface area contributed by atoms with E-state index >= 15 is 0 Å². The van der Waals surface area contributed by atoms with Crippen molar-refractivity contribution in [1.29, 1.82) is 0 Å². The molecule has 3 heteroatoms. The molecular weight excluding hydrogens is 298 g/mol. The molecule has 0 aliphatic heterocycles. The van der Waals surface area contributed by atoms with Crippen molar-refractivity contribution >= 4 is 0 Å². The highest BCUT2D eigenvalue weighted by Gasteiger charge is 2.08. The van der Waals surface area contributed by atoms with Crippen LogP contribution in [-0.4, -0.2) is 19.3 Å². The lowest BCUT2D eigenvalue weighted by atomic mass is 10.1. The van der Waals surface area contributed by atoms with Gasteiger partial charge in [-0.3, -0.25) is 0 Å². The second-order valence-electron chi connectivity index (χ2n) is 5.91. The molecule has 0 heterocycles. The molecule has 0 fully saturated rings. The Balaban J connectivity index is 1.79. The van der Waals surface area contributed by atoms with E-state index in [0.29, 0.717) is 13.2 Å². The van der Waals surface area contributed by atoms with Crippen LogP contribution >= 0.6 is 0 Å². The predicted octanol–water partition coefficient (Wildman–Crippen LogP) is 4.51. The van der Waals surface area contributed by atoms with E-state index in [2.05, 4.69) is 50.0 Å². The molecule has 0 saturated heterocycles. The van der Waals surface area contributed by atoms with Crippen molar-refractivity contribution in [3.63, 3.8) is 0 Å². The van der Waals surface area contributed by atoms with Crippen molar-refractivity contribution in [2.24, 2.45) is 0 Å². The molecule has 2 atom stereocenters. The van der Waals surface area contributed by atoms with Crippen molar-refractivity contribution in [1.82, 2.24) is 5.32 Å². The Labute approximate surface area is 145 Å². The second kappa shape index (κ2) is 9.91. The van der Waals surface area contributed by atoms with Gasteiger partial charge in [0.15, 0.2) is 0 Å². The maximum atomic E-state index is 5.82.